The van der Waals surface area contributed by atoms with E-state index in [-0.39, 0.29) is 5.78 Å². The van der Waals surface area contributed by atoms with Crippen LogP contribution in [0.25, 0.3) is 0 Å². The molecule has 0 radical (unpaired) electrons. The monoisotopic (exact) mass is 149 g/mol. The van der Waals surface area contributed by atoms with Gasteiger partial charge in [-0.05, 0) is 27.3 Å². The quantitative estimate of drug-likeness (QED) is 0.583. The van der Waals surface area contributed by atoms with Gasteiger partial charge in [0.1, 0.15) is 5.78 Å². The van der Waals surface area contributed by atoms with Gasteiger partial charge in [0, 0.05) is 0 Å². The first-order valence-corrected chi connectivity index (χ1v) is 3.61. The van der Waals surface area contributed by atoms with Crippen LogP contribution >= 0.6 is 12.6 Å². The maximum atomic E-state index is 10.2. The van der Waals surface area contributed by atoms with E-state index in [1.165, 1.54) is 0 Å². The van der Waals surface area contributed by atoms with Crippen molar-refractivity contribution in [3.63, 3.8) is 0 Å². The van der Waals surface area contributed by atoms with E-state index < -0.39 is 0 Å². The zero-order valence-corrected chi connectivity index (χ0v) is 7.40. The van der Waals surface area contributed by atoms with E-state index in [1.807, 2.05) is 19.0 Å². The molecule has 0 atom stereocenters. The fraction of sp³-hybridized carbons (Fsp3) is 0.833. The van der Waals surface area contributed by atoms with Crippen LogP contribution in [0, 0.1) is 0 Å². The lowest BCUT2D eigenvalue weighted by molar-refractivity contribution is -0.117. The molecular weight excluding hydrogens is 134 g/mol. The number of hydrogen-bond acceptors (Lipinski definition) is 3. The van der Waals surface area contributed by atoms with Crippen molar-refractivity contribution in [2.45, 2.75) is 6.92 Å². The van der Waals surface area contributed by atoms with E-state index in [4.69, 9.17) is 0 Å². The van der Waals surface area contributed by atoms with Gasteiger partial charge in [0.05, 0.1) is 6.54 Å². The van der Waals surface area contributed by atoms with Gasteiger partial charge in [-0.25, -0.2) is 0 Å². The SMILES string of the molecule is CC(=O)CN(C)C.CS. The minimum atomic E-state index is 0.213. The average molecular weight is 149 g/mol. The zero-order chi connectivity index (χ0) is 7.86. The van der Waals surface area contributed by atoms with Crippen molar-refractivity contribution in [1.29, 1.82) is 0 Å². The molecule has 0 amide bonds. The lowest BCUT2D eigenvalue weighted by atomic mass is 10.4. The minimum absolute atomic E-state index is 0.213. The van der Waals surface area contributed by atoms with E-state index in [1.54, 1.807) is 13.2 Å². The Morgan fingerprint density at radius 1 is 1.44 bits per heavy atom. The summed E-state index contributed by atoms with van der Waals surface area (Å²) in [5, 5.41) is 0. The lowest BCUT2D eigenvalue weighted by Gasteiger charge is -2.03. The van der Waals surface area contributed by atoms with Crippen LogP contribution in [0.1, 0.15) is 6.92 Å². The normalized spacial score (nSPS) is 8.22. The molecule has 0 saturated heterocycles. The topological polar surface area (TPSA) is 20.3 Å². The number of rotatable bonds is 2. The van der Waals surface area contributed by atoms with Gasteiger partial charge in [-0.2, -0.15) is 12.6 Å². The Morgan fingerprint density at radius 3 is 1.78 bits per heavy atom. The minimum Gasteiger partial charge on any atom is -0.302 e. The highest BCUT2D eigenvalue weighted by atomic mass is 32.1. The molecule has 0 aliphatic heterocycles. The van der Waals surface area contributed by atoms with Gasteiger partial charge < -0.3 is 4.90 Å². The Hall–Kier alpha value is -0.0200. The molecular formula is C6H15NOS. The number of hydrogen-bond donors (Lipinski definition) is 1. The van der Waals surface area contributed by atoms with Crippen molar-refractivity contribution in [2.75, 3.05) is 26.9 Å². The van der Waals surface area contributed by atoms with E-state index in [9.17, 15) is 4.79 Å². The molecule has 0 rings (SSSR count). The van der Waals surface area contributed by atoms with Gasteiger partial charge in [0.15, 0.2) is 0 Å². The van der Waals surface area contributed by atoms with Crippen molar-refractivity contribution in [1.82, 2.24) is 4.90 Å². The standard InChI is InChI=1S/C5H11NO.CH4S/c1-5(7)4-6(2)3;1-2/h4H2,1-3H3;2H,1H3. The van der Waals surface area contributed by atoms with Crippen LogP contribution in [0.2, 0.25) is 0 Å². The number of likely N-dealkylation sites (N-methyl/N-ethyl adjacent to an activating group) is 1. The van der Waals surface area contributed by atoms with Crippen LogP contribution in [0.5, 0.6) is 0 Å². The summed E-state index contributed by atoms with van der Waals surface area (Å²) in [6, 6.07) is 0. The summed E-state index contributed by atoms with van der Waals surface area (Å²) < 4.78 is 0. The summed E-state index contributed by atoms with van der Waals surface area (Å²) in [7, 11) is 3.75. The second-order valence-corrected chi connectivity index (χ2v) is 1.94. The van der Waals surface area contributed by atoms with Crippen LogP contribution in [-0.4, -0.2) is 37.6 Å². The van der Waals surface area contributed by atoms with Crippen LogP contribution in [0.3, 0.4) is 0 Å². The Bertz CT molecular complexity index is 73.5. The van der Waals surface area contributed by atoms with Crippen LogP contribution < -0.4 is 0 Å². The number of nitrogens with zero attached hydrogens (tertiary/aromatic N) is 1. The third-order valence-electron chi connectivity index (χ3n) is 0.539. The molecule has 0 saturated carbocycles. The first-order valence-electron chi connectivity index (χ1n) is 2.72. The summed E-state index contributed by atoms with van der Waals surface area (Å²) in [5.41, 5.74) is 0. The summed E-state index contributed by atoms with van der Waals surface area (Å²) in [5.74, 6) is 0.213. The van der Waals surface area contributed by atoms with Crippen molar-refractivity contribution in [3.05, 3.63) is 0 Å². The Labute approximate surface area is 62.6 Å². The molecule has 0 N–H and O–H groups in total. The highest BCUT2D eigenvalue weighted by molar-refractivity contribution is 7.79. The van der Waals surface area contributed by atoms with Gasteiger partial charge in [-0.1, -0.05) is 0 Å². The van der Waals surface area contributed by atoms with Crippen LogP contribution in [0.15, 0.2) is 0 Å². The van der Waals surface area contributed by atoms with E-state index >= 15 is 0 Å². The summed E-state index contributed by atoms with van der Waals surface area (Å²) in [6.45, 7) is 2.14. The Balaban J connectivity index is 0. The molecule has 0 aromatic carbocycles. The summed E-state index contributed by atoms with van der Waals surface area (Å²) >= 11 is 3.53. The van der Waals surface area contributed by atoms with E-state index in [2.05, 4.69) is 12.6 Å². The predicted octanol–water partition coefficient (Wildman–Crippen LogP) is 0.683. The molecule has 3 heteroatoms. The molecule has 0 unspecified atom stereocenters. The molecule has 0 bridgehead atoms. The fourth-order valence-corrected chi connectivity index (χ4v) is 0.445. The maximum Gasteiger partial charge on any atom is 0.143 e. The molecule has 0 aromatic heterocycles. The largest absolute Gasteiger partial charge is 0.302 e. The van der Waals surface area contributed by atoms with Crippen molar-refractivity contribution in [2.24, 2.45) is 0 Å². The number of carbonyl (C=O) groups is 1. The van der Waals surface area contributed by atoms with Gasteiger partial charge in [-0.3, -0.25) is 4.79 Å². The molecule has 56 valence electrons. The molecule has 9 heavy (non-hydrogen) atoms. The Kier molecular flexibility index (Phi) is 10.4. The van der Waals surface area contributed by atoms with Crippen LogP contribution in [-0.2, 0) is 4.79 Å². The highest BCUT2D eigenvalue weighted by Gasteiger charge is 1.91. The van der Waals surface area contributed by atoms with Gasteiger partial charge in [0.25, 0.3) is 0 Å². The molecule has 0 fully saturated rings. The number of carbonyl (C=O) groups excluding carboxylic acids is 1. The van der Waals surface area contributed by atoms with Crippen molar-refractivity contribution in [3.8, 4) is 0 Å². The van der Waals surface area contributed by atoms with E-state index in [0.717, 1.165) is 0 Å². The fourth-order valence-electron chi connectivity index (χ4n) is 0.445. The van der Waals surface area contributed by atoms with Gasteiger partial charge >= 0.3 is 0 Å². The molecule has 0 heterocycles. The van der Waals surface area contributed by atoms with Gasteiger partial charge in [-0.15, -0.1) is 0 Å². The Morgan fingerprint density at radius 2 is 1.78 bits per heavy atom. The van der Waals surface area contributed by atoms with Crippen LogP contribution in [0.4, 0.5) is 0 Å². The average Bonchev–Trinajstić information content (AvgIpc) is 1.68. The molecule has 0 aliphatic rings. The number of thiol groups is 1. The third kappa shape index (κ3) is 18.0. The summed E-state index contributed by atoms with van der Waals surface area (Å²) in [4.78, 5) is 12.1. The lowest BCUT2D eigenvalue weighted by Crippen LogP contribution is -2.18. The molecule has 2 nitrogen and oxygen atoms in total. The zero-order valence-electron chi connectivity index (χ0n) is 6.51. The van der Waals surface area contributed by atoms with E-state index in [0.29, 0.717) is 6.54 Å². The molecule has 0 aromatic rings. The van der Waals surface area contributed by atoms with Gasteiger partial charge in [0.2, 0.25) is 0 Å². The molecule has 0 spiro atoms. The number of ketones is 1. The van der Waals surface area contributed by atoms with Crippen molar-refractivity contribution < 1.29 is 4.79 Å². The third-order valence-corrected chi connectivity index (χ3v) is 0.539. The summed E-state index contributed by atoms with van der Waals surface area (Å²) in [6.07, 6.45) is 1.69. The first kappa shape index (κ1) is 11.7. The smallest absolute Gasteiger partial charge is 0.143 e. The number of Topliss-reactive ketones (excluding diaryl/α,β-unsaturated/α-hetero) is 1. The highest BCUT2D eigenvalue weighted by Crippen LogP contribution is 1.72. The predicted molar refractivity (Wildman–Crippen MR) is 44.1 cm³/mol. The van der Waals surface area contributed by atoms with Crippen molar-refractivity contribution >= 4 is 18.4 Å². The first-order chi connectivity index (χ1) is 4.13. The molecule has 0 aliphatic carbocycles. The maximum absolute atomic E-state index is 10.2. The second-order valence-electron chi connectivity index (χ2n) is 1.94. The second kappa shape index (κ2) is 7.98.